The number of aromatic nitrogens is 1. The van der Waals surface area contributed by atoms with E-state index in [2.05, 4.69) is 22.0 Å². The maximum absolute atomic E-state index is 5.54. The van der Waals surface area contributed by atoms with E-state index < -0.39 is 0 Å². The van der Waals surface area contributed by atoms with Gasteiger partial charge in [0, 0.05) is 25.0 Å². The first-order valence-corrected chi connectivity index (χ1v) is 6.06. The number of hydrogen-bond acceptors (Lipinski definition) is 4. The number of fused-ring (bicyclic) bond motifs is 1. The number of benzene rings is 1. The summed E-state index contributed by atoms with van der Waals surface area (Å²) in [4.78, 5) is 6.82. The number of ether oxygens (including phenoxy) is 1. The van der Waals surface area contributed by atoms with Gasteiger partial charge in [0.15, 0.2) is 0 Å². The van der Waals surface area contributed by atoms with Crippen LogP contribution in [0.3, 0.4) is 0 Å². The number of rotatable bonds is 5. The number of para-hydroxylation sites is 1. The largest absolute Gasteiger partial charge is 0.494 e. The minimum Gasteiger partial charge on any atom is -0.494 e. The molecule has 1 aromatic carbocycles. The van der Waals surface area contributed by atoms with Crippen LogP contribution in [0.25, 0.3) is 10.9 Å². The highest BCUT2D eigenvalue weighted by molar-refractivity contribution is 5.84. The van der Waals surface area contributed by atoms with E-state index in [9.17, 15) is 0 Å². The number of nitrogens with zero attached hydrogens (tertiary/aromatic N) is 2. The molecule has 2 N–H and O–H groups in total. The van der Waals surface area contributed by atoms with Crippen molar-refractivity contribution in [3.8, 4) is 5.75 Å². The van der Waals surface area contributed by atoms with Gasteiger partial charge in [0.1, 0.15) is 11.3 Å². The van der Waals surface area contributed by atoms with Crippen LogP contribution >= 0.6 is 0 Å². The summed E-state index contributed by atoms with van der Waals surface area (Å²) in [6.45, 7) is 2.32. The Morgan fingerprint density at radius 1 is 1.28 bits per heavy atom. The van der Waals surface area contributed by atoms with Gasteiger partial charge in [-0.25, -0.2) is 4.98 Å². The molecule has 1 heterocycles. The summed E-state index contributed by atoms with van der Waals surface area (Å²) in [6, 6.07) is 10.1. The molecule has 0 unspecified atom stereocenters. The molecule has 4 nitrogen and oxygen atoms in total. The highest BCUT2D eigenvalue weighted by atomic mass is 16.5. The molecule has 0 saturated heterocycles. The Bertz CT molecular complexity index is 527. The zero-order chi connectivity index (χ0) is 13.0. The summed E-state index contributed by atoms with van der Waals surface area (Å²) >= 11 is 0. The maximum Gasteiger partial charge on any atom is 0.145 e. The number of hydrogen-bond donors (Lipinski definition) is 1. The van der Waals surface area contributed by atoms with Crippen LogP contribution in [0.5, 0.6) is 5.75 Å². The molecule has 0 radical (unpaired) electrons. The van der Waals surface area contributed by atoms with Crippen LogP contribution in [0.2, 0.25) is 0 Å². The second-order valence-corrected chi connectivity index (χ2v) is 4.36. The lowest BCUT2D eigenvalue weighted by atomic mass is 10.2. The van der Waals surface area contributed by atoms with Gasteiger partial charge in [0.2, 0.25) is 0 Å². The lowest BCUT2D eigenvalue weighted by Crippen LogP contribution is -2.25. The minimum atomic E-state index is 0.660. The van der Waals surface area contributed by atoms with Gasteiger partial charge in [-0.1, -0.05) is 18.2 Å². The summed E-state index contributed by atoms with van der Waals surface area (Å²) in [5.74, 6) is 0.816. The topological polar surface area (TPSA) is 51.4 Å². The molecule has 0 bridgehead atoms. The van der Waals surface area contributed by atoms with Crippen molar-refractivity contribution in [3.63, 3.8) is 0 Å². The van der Waals surface area contributed by atoms with Gasteiger partial charge in [0.25, 0.3) is 0 Å². The van der Waals surface area contributed by atoms with Gasteiger partial charge in [-0.2, -0.15) is 0 Å². The van der Waals surface area contributed by atoms with Gasteiger partial charge in [-0.05, 0) is 19.2 Å². The molecular formula is C14H19N3O. The quantitative estimate of drug-likeness (QED) is 0.870. The number of pyridine rings is 1. The fourth-order valence-electron chi connectivity index (χ4n) is 1.99. The van der Waals surface area contributed by atoms with Crippen molar-refractivity contribution in [2.75, 3.05) is 27.2 Å². The minimum absolute atomic E-state index is 0.660. The summed E-state index contributed by atoms with van der Waals surface area (Å²) in [7, 11) is 3.71. The van der Waals surface area contributed by atoms with E-state index in [1.807, 2.05) is 25.2 Å². The zero-order valence-electron chi connectivity index (χ0n) is 10.9. The van der Waals surface area contributed by atoms with Gasteiger partial charge in [-0.15, -0.1) is 0 Å². The average molecular weight is 245 g/mol. The molecule has 2 aromatic rings. The fraction of sp³-hybridized carbons (Fsp3) is 0.357. The first kappa shape index (κ1) is 12.8. The number of methoxy groups -OCH3 is 1. The predicted octanol–water partition coefficient (Wildman–Crippen LogP) is 1.63. The number of nitrogens with two attached hydrogens (primary N) is 1. The molecule has 0 saturated carbocycles. The molecule has 2 rings (SSSR count). The van der Waals surface area contributed by atoms with E-state index >= 15 is 0 Å². The first-order valence-electron chi connectivity index (χ1n) is 6.06. The molecule has 0 spiro atoms. The summed E-state index contributed by atoms with van der Waals surface area (Å²) in [5, 5.41) is 1.10. The molecule has 0 atom stereocenters. The Hall–Kier alpha value is -1.65. The van der Waals surface area contributed by atoms with Crippen molar-refractivity contribution in [1.29, 1.82) is 0 Å². The number of likely N-dealkylation sites (N-methyl/N-ethyl adjacent to an activating group) is 1. The van der Waals surface area contributed by atoms with Crippen LogP contribution in [0, 0.1) is 0 Å². The molecule has 4 heteroatoms. The summed E-state index contributed by atoms with van der Waals surface area (Å²) in [5.41, 5.74) is 7.48. The van der Waals surface area contributed by atoms with Crippen molar-refractivity contribution in [3.05, 3.63) is 36.0 Å². The van der Waals surface area contributed by atoms with Crippen molar-refractivity contribution in [1.82, 2.24) is 9.88 Å². The van der Waals surface area contributed by atoms with Crippen LogP contribution in [0.15, 0.2) is 30.3 Å². The zero-order valence-corrected chi connectivity index (χ0v) is 10.9. The van der Waals surface area contributed by atoms with Crippen LogP contribution < -0.4 is 10.5 Å². The normalized spacial score (nSPS) is 11.1. The van der Waals surface area contributed by atoms with Gasteiger partial charge >= 0.3 is 0 Å². The smallest absolute Gasteiger partial charge is 0.145 e. The highest BCUT2D eigenvalue weighted by Crippen LogP contribution is 2.23. The van der Waals surface area contributed by atoms with Crippen molar-refractivity contribution >= 4 is 10.9 Å². The predicted molar refractivity (Wildman–Crippen MR) is 73.7 cm³/mol. The third-order valence-electron chi connectivity index (χ3n) is 2.90. The first-order chi connectivity index (χ1) is 8.74. The molecule has 1 aromatic heterocycles. The second-order valence-electron chi connectivity index (χ2n) is 4.36. The van der Waals surface area contributed by atoms with E-state index in [-0.39, 0.29) is 0 Å². The maximum atomic E-state index is 5.54. The Morgan fingerprint density at radius 2 is 2.11 bits per heavy atom. The van der Waals surface area contributed by atoms with Gasteiger partial charge in [-0.3, -0.25) is 4.90 Å². The molecule has 0 amide bonds. The molecule has 0 aliphatic carbocycles. The Labute approximate surface area is 107 Å². The Kier molecular flexibility index (Phi) is 4.12. The average Bonchev–Trinajstić information content (AvgIpc) is 2.38. The third kappa shape index (κ3) is 2.78. The Balaban J connectivity index is 2.31. The van der Waals surface area contributed by atoms with E-state index in [1.165, 1.54) is 0 Å². The lowest BCUT2D eigenvalue weighted by molar-refractivity contribution is 0.332. The molecule has 0 aliphatic heterocycles. The van der Waals surface area contributed by atoms with Crippen LogP contribution in [0.1, 0.15) is 5.69 Å². The van der Waals surface area contributed by atoms with Gasteiger partial charge < -0.3 is 10.5 Å². The van der Waals surface area contributed by atoms with E-state index in [4.69, 9.17) is 10.5 Å². The SMILES string of the molecule is COc1cccc2ccc(CN(C)CCN)nc12. The van der Waals surface area contributed by atoms with Gasteiger partial charge in [0.05, 0.1) is 12.8 Å². The lowest BCUT2D eigenvalue weighted by Gasteiger charge is -2.15. The third-order valence-corrected chi connectivity index (χ3v) is 2.90. The molecule has 0 fully saturated rings. The molecule has 0 aliphatic rings. The monoisotopic (exact) mass is 245 g/mol. The van der Waals surface area contributed by atoms with E-state index in [0.717, 1.165) is 35.4 Å². The Morgan fingerprint density at radius 3 is 2.83 bits per heavy atom. The molecule has 18 heavy (non-hydrogen) atoms. The molecule has 96 valence electrons. The summed E-state index contributed by atoms with van der Waals surface area (Å²) < 4.78 is 5.34. The van der Waals surface area contributed by atoms with Crippen molar-refractivity contribution < 1.29 is 4.74 Å². The second kappa shape index (κ2) is 5.80. The van der Waals surface area contributed by atoms with Crippen LogP contribution in [-0.2, 0) is 6.54 Å². The van der Waals surface area contributed by atoms with Crippen LogP contribution in [-0.4, -0.2) is 37.1 Å². The van der Waals surface area contributed by atoms with Crippen LogP contribution in [0.4, 0.5) is 0 Å². The molecular weight excluding hydrogens is 226 g/mol. The highest BCUT2D eigenvalue weighted by Gasteiger charge is 2.05. The standard InChI is InChI=1S/C14H19N3O/c1-17(9-8-15)10-12-7-6-11-4-3-5-13(18-2)14(11)16-12/h3-7H,8-10,15H2,1-2H3. The van der Waals surface area contributed by atoms with Crippen molar-refractivity contribution in [2.45, 2.75) is 6.54 Å². The van der Waals surface area contributed by atoms with Crippen molar-refractivity contribution in [2.24, 2.45) is 5.73 Å². The summed E-state index contributed by atoms with van der Waals surface area (Å²) in [6.07, 6.45) is 0. The fourth-order valence-corrected chi connectivity index (χ4v) is 1.99. The van der Waals surface area contributed by atoms with E-state index in [1.54, 1.807) is 7.11 Å². The van der Waals surface area contributed by atoms with E-state index in [0.29, 0.717) is 6.54 Å².